The van der Waals surface area contributed by atoms with Gasteiger partial charge in [0, 0.05) is 12.5 Å². The first-order chi connectivity index (χ1) is 16.0. The van der Waals surface area contributed by atoms with Crippen molar-refractivity contribution >= 4 is 28.7 Å². The van der Waals surface area contributed by atoms with Crippen molar-refractivity contribution in [3.63, 3.8) is 0 Å². The molecule has 0 unspecified atom stereocenters. The maximum absolute atomic E-state index is 6.13. The molecule has 10 heteroatoms. The molecule has 0 saturated heterocycles. The monoisotopic (exact) mass is 468 g/mol. The molecule has 0 spiro atoms. The first kappa shape index (κ1) is 22.5. The minimum absolute atomic E-state index is 0.390. The Bertz CT molecular complexity index is 1260. The van der Waals surface area contributed by atoms with Crippen LogP contribution in [0.5, 0.6) is 23.0 Å². The van der Waals surface area contributed by atoms with Gasteiger partial charge in [-0.25, -0.2) is 4.57 Å². The van der Waals surface area contributed by atoms with Gasteiger partial charge < -0.3 is 29.7 Å². The third kappa shape index (κ3) is 4.90. The van der Waals surface area contributed by atoms with Crippen molar-refractivity contribution in [1.29, 1.82) is 0 Å². The van der Waals surface area contributed by atoms with Gasteiger partial charge in [-0.15, -0.1) is 0 Å². The second-order valence-corrected chi connectivity index (χ2v) is 8.18. The van der Waals surface area contributed by atoms with Gasteiger partial charge in [0.15, 0.2) is 5.52 Å². The van der Waals surface area contributed by atoms with E-state index < -0.39 is 0 Å². The lowest BCUT2D eigenvalue weighted by atomic mass is 10.1. The highest BCUT2D eigenvalue weighted by Gasteiger charge is 2.20. The molecule has 0 fully saturated rings. The lowest BCUT2D eigenvalue weighted by Gasteiger charge is -2.08. The molecular weight excluding hydrogens is 442 g/mol. The number of nitrogen functional groups attached to an aromatic ring is 1. The number of aromatic amines is 1. The van der Waals surface area contributed by atoms with Gasteiger partial charge >= 0.3 is 0 Å². The Balaban J connectivity index is 1.62. The van der Waals surface area contributed by atoms with E-state index in [4.69, 9.17) is 29.7 Å². The summed E-state index contributed by atoms with van der Waals surface area (Å²) in [7, 11) is 6.54. The van der Waals surface area contributed by atoms with Crippen LogP contribution in [0.3, 0.4) is 0 Å². The quantitative estimate of drug-likeness (QED) is 0.361. The Kier molecular flexibility index (Phi) is 6.74. The van der Waals surface area contributed by atoms with Gasteiger partial charge in [0.05, 0.1) is 39.9 Å². The van der Waals surface area contributed by atoms with Crippen LogP contribution in [0.1, 0.15) is 5.56 Å². The number of benzene rings is 2. The second-order valence-electron chi connectivity index (χ2n) is 7.15. The van der Waals surface area contributed by atoms with Gasteiger partial charge in [0.1, 0.15) is 23.0 Å². The highest BCUT2D eigenvalue weighted by atomic mass is 32.2. The van der Waals surface area contributed by atoms with Gasteiger partial charge in [-0.1, -0.05) is 9.97 Å². The number of methoxy groups -OCH3 is 4. The van der Waals surface area contributed by atoms with Gasteiger partial charge in [-0.2, -0.15) is 0 Å². The van der Waals surface area contributed by atoms with E-state index in [0.29, 0.717) is 23.0 Å². The number of nitrogens with one attached hydrogen (secondary N) is 1. The summed E-state index contributed by atoms with van der Waals surface area (Å²) in [4.78, 5) is 13.3. The topological polar surface area (TPSA) is 108 Å². The number of fused-ring (bicyclic) bond motifs is 1. The fourth-order valence-corrected chi connectivity index (χ4v) is 4.34. The molecule has 2 aromatic carbocycles. The molecule has 3 N–H and O–H groups in total. The molecule has 4 aromatic rings. The fraction of sp³-hybridized carbons (Fsp3) is 0.261. The van der Waals surface area contributed by atoms with Crippen LogP contribution in [0.2, 0.25) is 0 Å². The molecule has 0 saturated carbocycles. The fourth-order valence-electron chi connectivity index (χ4n) is 3.42. The van der Waals surface area contributed by atoms with Gasteiger partial charge in [-0.05, 0) is 47.7 Å². The SMILES string of the molecule is COc1cc(CC[n+]2cnc(N)c3[nH]c(Sc4cc(OC)ccc4OC)nc32)cc(OC)c1. The highest BCUT2D eigenvalue weighted by Crippen LogP contribution is 2.36. The van der Waals surface area contributed by atoms with Gasteiger partial charge in [0.2, 0.25) is 17.3 Å². The largest absolute Gasteiger partial charge is 0.497 e. The zero-order valence-electron chi connectivity index (χ0n) is 18.9. The molecule has 33 heavy (non-hydrogen) atoms. The number of rotatable bonds is 9. The number of hydrogen-bond donors (Lipinski definition) is 2. The van der Waals surface area contributed by atoms with Crippen molar-refractivity contribution in [2.45, 2.75) is 23.0 Å². The zero-order valence-corrected chi connectivity index (χ0v) is 19.7. The summed E-state index contributed by atoms with van der Waals surface area (Å²) >= 11 is 1.43. The average molecular weight is 469 g/mol. The van der Waals surface area contributed by atoms with Crippen molar-refractivity contribution in [1.82, 2.24) is 15.0 Å². The average Bonchev–Trinajstić information content (AvgIpc) is 3.28. The molecule has 0 amide bonds. The van der Waals surface area contributed by atoms with E-state index in [1.165, 1.54) is 11.8 Å². The third-order valence-electron chi connectivity index (χ3n) is 5.16. The summed E-state index contributed by atoms with van der Waals surface area (Å²) in [6, 6.07) is 11.5. The predicted octanol–water partition coefficient (Wildman–Crippen LogP) is 3.26. The molecule has 172 valence electrons. The molecule has 0 aliphatic rings. The summed E-state index contributed by atoms with van der Waals surface area (Å²) in [5.74, 6) is 3.36. The summed E-state index contributed by atoms with van der Waals surface area (Å²) in [6.45, 7) is 0.650. The van der Waals surface area contributed by atoms with Crippen molar-refractivity contribution in [2.75, 3.05) is 34.2 Å². The minimum Gasteiger partial charge on any atom is -0.497 e. The van der Waals surface area contributed by atoms with E-state index in [-0.39, 0.29) is 0 Å². The smallest absolute Gasteiger partial charge is 0.294 e. The van der Waals surface area contributed by atoms with Crippen molar-refractivity contribution in [2.24, 2.45) is 0 Å². The van der Waals surface area contributed by atoms with Gasteiger partial charge in [0.25, 0.3) is 5.65 Å². The Morgan fingerprint density at radius 3 is 2.33 bits per heavy atom. The van der Waals surface area contributed by atoms with E-state index in [9.17, 15) is 0 Å². The van der Waals surface area contributed by atoms with Gasteiger partial charge in [-0.3, -0.25) is 0 Å². The van der Waals surface area contributed by atoms with Crippen LogP contribution in [-0.4, -0.2) is 43.4 Å². The summed E-state index contributed by atoms with van der Waals surface area (Å²) in [6.07, 6.45) is 2.44. The summed E-state index contributed by atoms with van der Waals surface area (Å²) in [5.41, 5.74) is 8.62. The molecule has 2 heterocycles. The number of anilines is 1. The van der Waals surface area contributed by atoms with E-state index >= 15 is 0 Å². The lowest BCUT2D eigenvalue weighted by Crippen LogP contribution is -2.36. The normalized spacial score (nSPS) is 10.9. The maximum atomic E-state index is 6.13. The first-order valence-corrected chi connectivity index (χ1v) is 11.0. The first-order valence-electron chi connectivity index (χ1n) is 10.2. The van der Waals surface area contributed by atoms with E-state index in [0.717, 1.165) is 45.5 Å². The molecular formula is C23H26N5O4S+. The number of hydrogen-bond acceptors (Lipinski definition) is 8. The van der Waals surface area contributed by atoms with Crippen LogP contribution >= 0.6 is 11.8 Å². The Labute approximate surface area is 195 Å². The van der Waals surface area contributed by atoms with E-state index in [2.05, 4.69) is 9.97 Å². The summed E-state index contributed by atoms with van der Waals surface area (Å²) in [5, 5.41) is 0.674. The van der Waals surface area contributed by atoms with Crippen LogP contribution in [0.4, 0.5) is 5.82 Å². The number of H-pyrrole nitrogens is 1. The maximum Gasteiger partial charge on any atom is 0.294 e. The Morgan fingerprint density at radius 2 is 1.67 bits per heavy atom. The molecule has 0 radical (unpaired) electrons. The minimum atomic E-state index is 0.390. The van der Waals surface area contributed by atoms with Crippen molar-refractivity contribution < 1.29 is 23.5 Å². The molecule has 9 nitrogen and oxygen atoms in total. The predicted molar refractivity (Wildman–Crippen MR) is 125 cm³/mol. The molecule has 0 bridgehead atoms. The molecule has 2 aromatic heterocycles. The molecule has 0 atom stereocenters. The number of imidazole rings is 1. The van der Waals surface area contributed by atoms with Crippen LogP contribution in [-0.2, 0) is 13.0 Å². The number of aryl methyl sites for hydroxylation is 2. The van der Waals surface area contributed by atoms with Crippen LogP contribution < -0.4 is 29.2 Å². The standard InChI is InChI=1S/C23H25N5O4S/c1-29-15-5-6-18(32-4)19(12-15)33-23-26-20-21(24)25-13-28(22(20)27-23)8-7-14-9-16(30-2)11-17(10-14)31-3/h5-6,9-13H,7-8H2,1-4H3,(H2,24,26,27)/p+1. The molecule has 4 rings (SSSR count). The highest BCUT2D eigenvalue weighted by molar-refractivity contribution is 7.99. The number of nitrogens with two attached hydrogens (primary N) is 1. The molecule has 0 aliphatic carbocycles. The zero-order chi connectivity index (χ0) is 23.4. The number of aromatic nitrogens is 4. The van der Waals surface area contributed by atoms with Crippen molar-refractivity contribution in [3.05, 3.63) is 48.3 Å². The van der Waals surface area contributed by atoms with Crippen LogP contribution in [0.25, 0.3) is 11.2 Å². The van der Waals surface area contributed by atoms with E-state index in [1.807, 2.05) is 41.0 Å². The second kappa shape index (κ2) is 9.86. The van der Waals surface area contributed by atoms with Crippen LogP contribution in [0, 0.1) is 0 Å². The Hall–Kier alpha value is -3.66. The van der Waals surface area contributed by atoms with E-state index in [1.54, 1.807) is 34.8 Å². The lowest BCUT2D eigenvalue weighted by molar-refractivity contribution is -0.675. The molecule has 0 aliphatic heterocycles. The summed E-state index contributed by atoms with van der Waals surface area (Å²) < 4.78 is 23.6. The Morgan fingerprint density at radius 1 is 0.939 bits per heavy atom. The third-order valence-corrected chi connectivity index (χ3v) is 6.08. The number of nitrogens with zero attached hydrogens (tertiary/aromatic N) is 3. The van der Waals surface area contributed by atoms with Crippen LogP contribution in [0.15, 0.2) is 52.8 Å². The van der Waals surface area contributed by atoms with Crippen molar-refractivity contribution in [3.8, 4) is 23.0 Å². The number of ether oxygens (including phenoxy) is 4.